The standard InChI is InChI=1S/C42H34BNS/c1-25(2)27-10-9-11-31(20-27)44-38-23-28(26(3)4)16-18-37(38)43-36-14-7-5-12-32(36)35-22-30(24-39(44)42(35)43)29-17-19-41-34(21-29)33-13-6-8-15-40(33)45-41/h5-26H,1-4H3. The molecule has 45 heavy (non-hydrogen) atoms. The largest absolute Gasteiger partial charge is 0.311 e. The van der Waals surface area contributed by atoms with Crippen molar-refractivity contribution in [1.29, 1.82) is 0 Å². The van der Waals surface area contributed by atoms with Crippen LogP contribution in [0, 0.1) is 0 Å². The van der Waals surface area contributed by atoms with E-state index in [9.17, 15) is 0 Å². The van der Waals surface area contributed by atoms with E-state index in [1.807, 2.05) is 11.3 Å². The Bertz CT molecular complexity index is 2310. The van der Waals surface area contributed by atoms with Crippen molar-refractivity contribution < 1.29 is 0 Å². The molecule has 0 saturated heterocycles. The SMILES string of the molecule is CC(C)c1cccc(N2c3cc(C(C)C)ccc3B3c4ccccc4-c4cc(-c5ccc6sc7ccccc7c6c5)cc2c43)c1. The van der Waals surface area contributed by atoms with Crippen LogP contribution in [0.2, 0.25) is 0 Å². The number of rotatable bonds is 4. The molecule has 216 valence electrons. The van der Waals surface area contributed by atoms with Crippen molar-refractivity contribution in [3.63, 3.8) is 0 Å². The van der Waals surface area contributed by atoms with Crippen LogP contribution in [0.4, 0.5) is 17.1 Å². The summed E-state index contributed by atoms with van der Waals surface area (Å²) in [5.41, 5.74) is 16.1. The van der Waals surface area contributed by atoms with Gasteiger partial charge in [-0.3, -0.25) is 0 Å². The number of thiophene rings is 1. The Balaban J connectivity index is 1.35. The fraction of sp³-hybridized carbons (Fsp3) is 0.143. The van der Waals surface area contributed by atoms with Crippen LogP contribution in [0.3, 0.4) is 0 Å². The molecule has 0 saturated carbocycles. The van der Waals surface area contributed by atoms with Gasteiger partial charge >= 0.3 is 0 Å². The second-order valence-electron chi connectivity index (χ2n) is 13.3. The molecule has 0 unspecified atom stereocenters. The van der Waals surface area contributed by atoms with Crippen molar-refractivity contribution in [1.82, 2.24) is 0 Å². The Labute approximate surface area is 269 Å². The van der Waals surface area contributed by atoms with Gasteiger partial charge in [-0.05, 0) is 105 Å². The van der Waals surface area contributed by atoms with Gasteiger partial charge in [0.15, 0.2) is 0 Å². The third-order valence-corrected chi connectivity index (χ3v) is 11.2. The molecule has 6 aromatic carbocycles. The summed E-state index contributed by atoms with van der Waals surface area (Å²) < 4.78 is 2.69. The molecule has 1 aromatic heterocycles. The van der Waals surface area contributed by atoms with Gasteiger partial charge in [-0.15, -0.1) is 11.3 Å². The summed E-state index contributed by atoms with van der Waals surface area (Å²) in [6.45, 7) is 9.40. The van der Waals surface area contributed by atoms with E-state index in [1.165, 1.54) is 87.0 Å². The predicted octanol–water partition coefficient (Wildman–Crippen LogP) is 10.2. The molecule has 0 atom stereocenters. The van der Waals surface area contributed by atoms with E-state index in [0.29, 0.717) is 11.8 Å². The lowest BCUT2D eigenvalue weighted by Crippen LogP contribution is -2.54. The molecular formula is C42H34BNS. The van der Waals surface area contributed by atoms with Crippen molar-refractivity contribution in [2.75, 3.05) is 4.90 Å². The summed E-state index contributed by atoms with van der Waals surface area (Å²) in [7, 11) is 0. The fourth-order valence-corrected chi connectivity index (χ4v) is 8.77. The number of anilines is 3. The summed E-state index contributed by atoms with van der Waals surface area (Å²) in [4.78, 5) is 2.57. The number of hydrogen-bond acceptors (Lipinski definition) is 2. The second kappa shape index (κ2) is 9.96. The van der Waals surface area contributed by atoms with E-state index in [1.54, 1.807) is 0 Å². The number of hydrogen-bond donors (Lipinski definition) is 0. The van der Waals surface area contributed by atoms with Gasteiger partial charge in [0, 0.05) is 37.2 Å². The first-order chi connectivity index (χ1) is 22.0. The molecule has 3 heterocycles. The van der Waals surface area contributed by atoms with Gasteiger partial charge in [-0.25, -0.2) is 0 Å². The highest BCUT2D eigenvalue weighted by Gasteiger charge is 2.42. The normalized spacial score (nSPS) is 13.2. The number of benzene rings is 6. The van der Waals surface area contributed by atoms with Gasteiger partial charge in [0.05, 0.1) is 0 Å². The molecule has 0 aliphatic carbocycles. The van der Waals surface area contributed by atoms with E-state index < -0.39 is 0 Å². The van der Waals surface area contributed by atoms with Crippen molar-refractivity contribution in [2.45, 2.75) is 39.5 Å². The Morgan fingerprint density at radius 2 is 1.31 bits per heavy atom. The minimum Gasteiger partial charge on any atom is -0.311 e. The Kier molecular flexibility index (Phi) is 5.92. The lowest BCUT2D eigenvalue weighted by Gasteiger charge is -2.37. The summed E-state index contributed by atoms with van der Waals surface area (Å²) in [6.07, 6.45) is 0. The molecule has 2 aliphatic heterocycles. The van der Waals surface area contributed by atoms with Gasteiger partial charge in [0.2, 0.25) is 6.71 Å². The molecular weight excluding hydrogens is 561 g/mol. The highest BCUT2D eigenvalue weighted by Crippen LogP contribution is 2.45. The summed E-state index contributed by atoms with van der Waals surface area (Å²) >= 11 is 1.88. The van der Waals surface area contributed by atoms with Crippen LogP contribution in [0.5, 0.6) is 0 Å². The van der Waals surface area contributed by atoms with E-state index in [4.69, 9.17) is 0 Å². The van der Waals surface area contributed by atoms with Crippen LogP contribution in [0.15, 0.2) is 121 Å². The topological polar surface area (TPSA) is 3.24 Å². The van der Waals surface area contributed by atoms with Gasteiger partial charge in [-0.1, -0.05) is 106 Å². The van der Waals surface area contributed by atoms with Crippen molar-refractivity contribution >= 4 is 71.7 Å². The Morgan fingerprint density at radius 3 is 2.18 bits per heavy atom. The second-order valence-corrected chi connectivity index (χ2v) is 14.4. The molecule has 3 heteroatoms. The zero-order valence-electron chi connectivity index (χ0n) is 26.1. The van der Waals surface area contributed by atoms with Gasteiger partial charge in [0.25, 0.3) is 0 Å². The summed E-state index contributed by atoms with van der Waals surface area (Å²) in [6, 6.07) is 46.3. The van der Waals surface area contributed by atoms with E-state index >= 15 is 0 Å². The maximum atomic E-state index is 2.57. The molecule has 0 radical (unpaired) electrons. The zero-order valence-corrected chi connectivity index (χ0v) is 27.0. The average Bonchev–Trinajstić information content (AvgIpc) is 3.61. The average molecular weight is 596 g/mol. The molecule has 9 rings (SSSR count). The third-order valence-electron chi connectivity index (χ3n) is 10.0. The third kappa shape index (κ3) is 4.00. The molecule has 2 aliphatic rings. The molecule has 7 aromatic rings. The zero-order chi connectivity index (χ0) is 30.4. The van der Waals surface area contributed by atoms with Gasteiger partial charge < -0.3 is 4.90 Å². The van der Waals surface area contributed by atoms with Crippen LogP contribution in [0.1, 0.15) is 50.7 Å². The maximum absolute atomic E-state index is 2.57. The highest BCUT2D eigenvalue weighted by molar-refractivity contribution is 7.25. The van der Waals surface area contributed by atoms with Crippen LogP contribution in [0.25, 0.3) is 42.4 Å². The monoisotopic (exact) mass is 595 g/mol. The molecule has 0 N–H and O–H groups in total. The molecule has 0 amide bonds. The van der Waals surface area contributed by atoms with Crippen molar-refractivity contribution in [3.8, 4) is 22.3 Å². The van der Waals surface area contributed by atoms with E-state index in [2.05, 4.69) is 154 Å². The smallest absolute Gasteiger partial charge is 0.248 e. The first-order valence-corrected chi connectivity index (χ1v) is 17.0. The van der Waals surface area contributed by atoms with Gasteiger partial charge in [-0.2, -0.15) is 0 Å². The minimum atomic E-state index is 0.226. The Hall–Kier alpha value is -4.60. The van der Waals surface area contributed by atoms with Gasteiger partial charge in [0.1, 0.15) is 0 Å². The van der Waals surface area contributed by atoms with Crippen LogP contribution < -0.4 is 21.3 Å². The molecule has 0 spiro atoms. The molecule has 1 nitrogen and oxygen atoms in total. The number of fused-ring (bicyclic) bond motifs is 8. The summed E-state index contributed by atoms with van der Waals surface area (Å²) in [5.74, 6) is 0.905. The Morgan fingerprint density at radius 1 is 0.533 bits per heavy atom. The van der Waals surface area contributed by atoms with Crippen molar-refractivity contribution in [3.05, 3.63) is 132 Å². The van der Waals surface area contributed by atoms with E-state index in [0.717, 1.165) is 0 Å². The quantitative estimate of drug-likeness (QED) is 0.183. The highest BCUT2D eigenvalue weighted by atomic mass is 32.1. The maximum Gasteiger partial charge on any atom is 0.248 e. The molecule has 0 fully saturated rings. The first kappa shape index (κ1) is 26.8. The number of nitrogens with zero attached hydrogens (tertiary/aromatic N) is 1. The van der Waals surface area contributed by atoms with Crippen LogP contribution >= 0.6 is 11.3 Å². The minimum absolute atomic E-state index is 0.226. The van der Waals surface area contributed by atoms with Crippen LogP contribution in [-0.2, 0) is 0 Å². The fourth-order valence-electron chi connectivity index (χ4n) is 7.68. The summed E-state index contributed by atoms with van der Waals surface area (Å²) in [5, 5.41) is 2.68. The lowest BCUT2D eigenvalue weighted by atomic mass is 9.37. The molecule has 0 bridgehead atoms. The van der Waals surface area contributed by atoms with Crippen LogP contribution in [-0.4, -0.2) is 6.71 Å². The predicted molar refractivity (Wildman–Crippen MR) is 198 cm³/mol. The first-order valence-electron chi connectivity index (χ1n) is 16.2. The van der Waals surface area contributed by atoms with Crippen molar-refractivity contribution in [2.24, 2.45) is 0 Å². The van der Waals surface area contributed by atoms with E-state index in [-0.39, 0.29) is 6.71 Å². The lowest BCUT2D eigenvalue weighted by molar-refractivity contribution is 0.865.